The molecular formula is C22H24F2N4O3S. The number of para-hydroxylation sites is 2. The fraction of sp³-hybridized carbons (Fsp3) is 0.364. The highest BCUT2D eigenvalue weighted by Crippen LogP contribution is 2.25. The summed E-state index contributed by atoms with van der Waals surface area (Å²) < 4.78 is 53.1. The van der Waals surface area contributed by atoms with Gasteiger partial charge in [0, 0.05) is 32.0 Å². The number of nitrogens with one attached hydrogen (secondary N) is 2. The molecule has 1 aromatic heterocycles. The van der Waals surface area contributed by atoms with E-state index >= 15 is 0 Å². The van der Waals surface area contributed by atoms with Crippen molar-refractivity contribution in [3.63, 3.8) is 0 Å². The molecular weight excluding hydrogens is 438 g/mol. The number of H-pyrrole nitrogens is 1. The van der Waals surface area contributed by atoms with E-state index in [0.29, 0.717) is 31.9 Å². The number of carbonyl (C=O) groups excluding carboxylic acids is 1. The Morgan fingerprint density at radius 3 is 2.59 bits per heavy atom. The molecule has 2 N–H and O–H groups in total. The van der Waals surface area contributed by atoms with Crippen molar-refractivity contribution in [2.45, 2.75) is 30.6 Å². The Labute approximate surface area is 184 Å². The minimum absolute atomic E-state index is 0.0977. The summed E-state index contributed by atoms with van der Waals surface area (Å²) in [6.45, 7) is 0.806. The molecule has 0 spiro atoms. The summed E-state index contributed by atoms with van der Waals surface area (Å²) in [5.41, 5.74) is 1.90. The number of hydrogen-bond acceptors (Lipinski definition) is 4. The molecule has 10 heteroatoms. The first-order chi connectivity index (χ1) is 15.3. The van der Waals surface area contributed by atoms with Crippen molar-refractivity contribution in [2.24, 2.45) is 5.92 Å². The molecule has 3 aromatic rings. The van der Waals surface area contributed by atoms with Crippen LogP contribution in [0.3, 0.4) is 0 Å². The zero-order valence-electron chi connectivity index (χ0n) is 17.4. The fourth-order valence-electron chi connectivity index (χ4n) is 3.88. The molecule has 2 aromatic carbocycles. The summed E-state index contributed by atoms with van der Waals surface area (Å²) >= 11 is 0. The lowest BCUT2D eigenvalue weighted by Crippen LogP contribution is -2.43. The molecule has 0 saturated carbocycles. The van der Waals surface area contributed by atoms with Gasteiger partial charge in [0.2, 0.25) is 15.9 Å². The molecule has 0 aliphatic carbocycles. The molecule has 0 bridgehead atoms. The monoisotopic (exact) mass is 462 g/mol. The molecule has 170 valence electrons. The molecule has 1 saturated heterocycles. The second-order valence-electron chi connectivity index (χ2n) is 7.85. The van der Waals surface area contributed by atoms with Gasteiger partial charge in [-0.3, -0.25) is 4.79 Å². The van der Waals surface area contributed by atoms with Gasteiger partial charge in [0.25, 0.3) is 0 Å². The predicted octanol–water partition coefficient (Wildman–Crippen LogP) is 2.99. The van der Waals surface area contributed by atoms with Crippen LogP contribution in [0.4, 0.5) is 8.78 Å². The van der Waals surface area contributed by atoms with Crippen molar-refractivity contribution in [2.75, 3.05) is 19.6 Å². The minimum atomic E-state index is -3.93. The van der Waals surface area contributed by atoms with Crippen LogP contribution in [-0.2, 0) is 21.2 Å². The fourth-order valence-corrected chi connectivity index (χ4v) is 5.36. The highest BCUT2D eigenvalue weighted by Gasteiger charge is 2.32. The lowest BCUT2D eigenvalue weighted by molar-refractivity contribution is -0.126. The Kier molecular flexibility index (Phi) is 6.52. The van der Waals surface area contributed by atoms with Crippen molar-refractivity contribution in [3.05, 3.63) is 59.9 Å². The van der Waals surface area contributed by atoms with Crippen LogP contribution < -0.4 is 5.32 Å². The van der Waals surface area contributed by atoms with Gasteiger partial charge in [0.15, 0.2) is 11.6 Å². The SMILES string of the molecule is O=C(NCCCc1nc2ccccc2[nH]1)C1CCN(S(=O)(=O)c2ccc(F)c(F)c2)CC1. The lowest BCUT2D eigenvalue weighted by Gasteiger charge is -2.30. The van der Waals surface area contributed by atoms with Crippen LogP contribution in [0, 0.1) is 17.6 Å². The lowest BCUT2D eigenvalue weighted by atomic mass is 9.97. The number of aryl methyl sites for hydroxylation is 1. The largest absolute Gasteiger partial charge is 0.356 e. The number of aromatic nitrogens is 2. The van der Waals surface area contributed by atoms with Crippen molar-refractivity contribution in [3.8, 4) is 0 Å². The van der Waals surface area contributed by atoms with Crippen LogP contribution in [0.15, 0.2) is 47.4 Å². The molecule has 0 atom stereocenters. The number of halogens is 2. The molecule has 2 heterocycles. The number of imidazole rings is 1. The molecule has 32 heavy (non-hydrogen) atoms. The van der Waals surface area contributed by atoms with E-state index in [2.05, 4.69) is 15.3 Å². The van der Waals surface area contributed by atoms with Gasteiger partial charge >= 0.3 is 0 Å². The Morgan fingerprint density at radius 2 is 1.88 bits per heavy atom. The van der Waals surface area contributed by atoms with Crippen molar-refractivity contribution >= 4 is 27.0 Å². The molecule has 0 radical (unpaired) electrons. The van der Waals surface area contributed by atoms with Gasteiger partial charge in [-0.05, 0) is 49.6 Å². The Morgan fingerprint density at radius 1 is 1.12 bits per heavy atom. The topological polar surface area (TPSA) is 95.2 Å². The third-order valence-corrected chi connectivity index (χ3v) is 7.58. The number of benzene rings is 2. The quantitative estimate of drug-likeness (QED) is 0.528. The maximum atomic E-state index is 13.4. The predicted molar refractivity (Wildman–Crippen MR) is 115 cm³/mol. The average molecular weight is 463 g/mol. The van der Waals surface area contributed by atoms with E-state index in [9.17, 15) is 22.0 Å². The van der Waals surface area contributed by atoms with Gasteiger partial charge in [-0.15, -0.1) is 0 Å². The van der Waals surface area contributed by atoms with E-state index in [-0.39, 0.29) is 29.8 Å². The van der Waals surface area contributed by atoms with Crippen LogP contribution in [0.25, 0.3) is 11.0 Å². The van der Waals surface area contributed by atoms with Crippen LogP contribution in [-0.4, -0.2) is 48.2 Å². The normalized spacial score (nSPS) is 15.8. The van der Waals surface area contributed by atoms with Crippen LogP contribution in [0.5, 0.6) is 0 Å². The van der Waals surface area contributed by atoms with Crippen molar-refractivity contribution in [1.82, 2.24) is 19.6 Å². The molecule has 1 fully saturated rings. The molecule has 7 nitrogen and oxygen atoms in total. The van der Waals surface area contributed by atoms with E-state index in [1.807, 2.05) is 24.3 Å². The number of hydrogen-bond donors (Lipinski definition) is 2. The van der Waals surface area contributed by atoms with E-state index in [0.717, 1.165) is 35.4 Å². The molecule has 1 aliphatic rings. The Balaban J connectivity index is 1.23. The highest BCUT2D eigenvalue weighted by molar-refractivity contribution is 7.89. The zero-order chi connectivity index (χ0) is 22.7. The van der Waals surface area contributed by atoms with Gasteiger partial charge in [-0.1, -0.05) is 12.1 Å². The summed E-state index contributed by atoms with van der Waals surface area (Å²) in [5, 5.41) is 2.92. The number of carbonyl (C=O) groups is 1. The maximum Gasteiger partial charge on any atom is 0.243 e. The van der Waals surface area contributed by atoms with Crippen LogP contribution in [0.1, 0.15) is 25.1 Å². The van der Waals surface area contributed by atoms with Crippen LogP contribution in [0.2, 0.25) is 0 Å². The van der Waals surface area contributed by atoms with E-state index in [1.165, 1.54) is 4.31 Å². The molecule has 0 unspecified atom stereocenters. The second-order valence-corrected chi connectivity index (χ2v) is 9.79. The van der Waals surface area contributed by atoms with E-state index in [1.54, 1.807) is 0 Å². The number of fused-ring (bicyclic) bond motifs is 1. The summed E-state index contributed by atoms with van der Waals surface area (Å²) in [5.74, 6) is -1.81. The number of piperidine rings is 1. The number of amides is 1. The summed E-state index contributed by atoms with van der Waals surface area (Å²) in [4.78, 5) is 19.9. The number of sulfonamides is 1. The number of rotatable bonds is 7. The third kappa shape index (κ3) is 4.81. The van der Waals surface area contributed by atoms with E-state index in [4.69, 9.17) is 0 Å². The molecule has 1 amide bonds. The minimum Gasteiger partial charge on any atom is -0.356 e. The average Bonchev–Trinajstić information content (AvgIpc) is 3.21. The number of nitrogens with zero attached hydrogens (tertiary/aromatic N) is 2. The van der Waals surface area contributed by atoms with Gasteiger partial charge in [-0.25, -0.2) is 22.2 Å². The standard InChI is InChI=1S/C22H24F2N4O3S/c23-17-8-7-16(14-18(17)24)32(30,31)28-12-9-15(10-13-28)22(29)25-11-3-6-21-26-19-4-1-2-5-20(19)27-21/h1-2,4-5,7-8,14-15H,3,6,9-13H2,(H,25,29)(H,26,27). The third-order valence-electron chi connectivity index (χ3n) is 5.68. The first-order valence-corrected chi connectivity index (χ1v) is 11.9. The van der Waals surface area contributed by atoms with Crippen molar-refractivity contribution in [1.29, 1.82) is 0 Å². The van der Waals surface area contributed by atoms with E-state index < -0.39 is 21.7 Å². The first kappa shape index (κ1) is 22.3. The summed E-state index contributed by atoms with van der Waals surface area (Å²) in [7, 11) is -3.93. The highest BCUT2D eigenvalue weighted by atomic mass is 32.2. The first-order valence-electron chi connectivity index (χ1n) is 10.5. The van der Waals surface area contributed by atoms with Gasteiger partial charge in [-0.2, -0.15) is 4.31 Å². The van der Waals surface area contributed by atoms with Gasteiger partial charge in [0.05, 0.1) is 15.9 Å². The number of aromatic amines is 1. The maximum absolute atomic E-state index is 13.4. The Bertz CT molecular complexity index is 1190. The Hall–Kier alpha value is -2.85. The summed E-state index contributed by atoms with van der Waals surface area (Å²) in [6.07, 6.45) is 2.19. The van der Waals surface area contributed by atoms with Crippen molar-refractivity contribution < 1.29 is 22.0 Å². The molecule has 4 rings (SSSR count). The second kappa shape index (κ2) is 9.33. The van der Waals surface area contributed by atoms with Gasteiger partial charge in [0.1, 0.15) is 5.82 Å². The summed E-state index contributed by atoms with van der Waals surface area (Å²) in [6, 6.07) is 10.3. The molecule has 1 aliphatic heterocycles. The smallest absolute Gasteiger partial charge is 0.243 e. The van der Waals surface area contributed by atoms with Gasteiger partial charge < -0.3 is 10.3 Å². The zero-order valence-corrected chi connectivity index (χ0v) is 18.2. The van der Waals surface area contributed by atoms with Crippen LogP contribution >= 0.6 is 0 Å².